The highest BCUT2D eigenvalue weighted by molar-refractivity contribution is 5.44. The minimum Gasteiger partial charge on any atom is -0.356 e. The van der Waals surface area contributed by atoms with Crippen molar-refractivity contribution < 1.29 is 8.78 Å². The summed E-state index contributed by atoms with van der Waals surface area (Å²) in [5.74, 6) is 0.209. The van der Waals surface area contributed by atoms with Crippen molar-refractivity contribution in [3.05, 3.63) is 47.7 Å². The number of hydrogen-bond acceptors (Lipinski definition) is 5. The zero-order valence-electron chi connectivity index (χ0n) is 14.7. The normalized spacial score (nSPS) is 18.5. The Morgan fingerprint density at radius 3 is 2.35 bits per heavy atom. The Labute approximate surface area is 152 Å². The van der Waals surface area contributed by atoms with Crippen LogP contribution in [0.5, 0.6) is 0 Å². The number of nitrogens with zero attached hydrogens (tertiary/aromatic N) is 5. The molecule has 0 N–H and O–H groups in total. The molecule has 0 spiro atoms. The molecule has 2 saturated heterocycles. The van der Waals surface area contributed by atoms with Crippen LogP contribution in [0.25, 0.3) is 0 Å². The zero-order chi connectivity index (χ0) is 17.9. The molecule has 2 aliphatic rings. The van der Waals surface area contributed by atoms with Gasteiger partial charge in [-0.3, -0.25) is 4.90 Å². The quantitative estimate of drug-likeness (QED) is 0.839. The Morgan fingerprint density at radius 1 is 0.846 bits per heavy atom. The van der Waals surface area contributed by atoms with Gasteiger partial charge < -0.3 is 9.80 Å². The van der Waals surface area contributed by atoms with Crippen molar-refractivity contribution >= 4 is 11.8 Å². The van der Waals surface area contributed by atoms with E-state index in [1.807, 2.05) is 12.3 Å². The van der Waals surface area contributed by atoms with Crippen LogP contribution in [-0.2, 0) is 6.54 Å². The second kappa shape index (κ2) is 7.53. The van der Waals surface area contributed by atoms with Crippen molar-refractivity contribution in [1.82, 2.24) is 14.9 Å². The molecule has 0 amide bonds. The fraction of sp³-hybridized carbons (Fsp3) is 0.474. The lowest BCUT2D eigenvalue weighted by atomic mass is 10.2. The van der Waals surface area contributed by atoms with E-state index >= 15 is 0 Å². The zero-order valence-corrected chi connectivity index (χ0v) is 14.7. The van der Waals surface area contributed by atoms with E-state index in [1.165, 1.54) is 25.0 Å². The van der Waals surface area contributed by atoms with Crippen LogP contribution >= 0.6 is 0 Å². The Balaban J connectivity index is 1.36. The molecule has 4 rings (SSSR count). The fourth-order valence-corrected chi connectivity index (χ4v) is 3.62. The van der Waals surface area contributed by atoms with E-state index in [4.69, 9.17) is 4.98 Å². The summed E-state index contributed by atoms with van der Waals surface area (Å²) in [6, 6.07) is 6.10. The van der Waals surface area contributed by atoms with Gasteiger partial charge in [-0.1, -0.05) is 6.07 Å². The van der Waals surface area contributed by atoms with Crippen LogP contribution in [-0.4, -0.2) is 54.1 Å². The molecule has 5 nitrogen and oxygen atoms in total. The highest BCUT2D eigenvalue weighted by Gasteiger charge is 2.21. The molecule has 0 radical (unpaired) electrons. The summed E-state index contributed by atoms with van der Waals surface area (Å²) in [6.45, 7) is 6.10. The molecule has 0 saturated carbocycles. The van der Waals surface area contributed by atoms with Gasteiger partial charge in [-0.25, -0.2) is 13.8 Å². The number of piperazine rings is 1. The molecule has 1 aromatic heterocycles. The number of rotatable bonds is 4. The van der Waals surface area contributed by atoms with Crippen molar-refractivity contribution in [2.24, 2.45) is 0 Å². The second-order valence-electron chi connectivity index (χ2n) is 6.92. The van der Waals surface area contributed by atoms with Crippen molar-refractivity contribution in [2.45, 2.75) is 19.4 Å². The van der Waals surface area contributed by atoms with Crippen LogP contribution in [0, 0.1) is 11.6 Å². The van der Waals surface area contributed by atoms with Crippen molar-refractivity contribution in [1.29, 1.82) is 0 Å². The maximum Gasteiger partial charge on any atom is 0.227 e. The molecule has 1 aromatic carbocycles. The summed E-state index contributed by atoms with van der Waals surface area (Å²) < 4.78 is 26.4. The number of halogens is 2. The first-order valence-corrected chi connectivity index (χ1v) is 9.18. The molecule has 0 unspecified atom stereocenters. The number of benzene rings is 1. The van der Waals surface area contributed by atoms with Gasteiger partial charge in [0.2, 0.25) is 5.95 Å². The van der Waals surface area contributed by atoms with Crippen molar-refractivity contribution in [3.8, 4) is 0 Å². The summed E-state index contributed by atoms with van der Waals surface area (Å²) in [5.41, 5.74) is 0.796. The second-order valence-corrected chi connectivity index (χ2v) is 6.92. The molecule has 0 aliphatic carbocycles. The third-order valence-corrected chi connectivity index (χ3v) is 5.10. The third-order valence-electron chi connectivity index (χ3n) is 5.10. The van der Waals surface area contributed by atoms with Gasteiger partial charge in [0.15, 0.2) is 11.6 Å². The number of aromatic nitrogens is 2. The predicted octanol–water partition coefficient (Wildman–Crippen LogP) is 2.68. The van der Waals surface area contributed by atoms with E-state index in [1.54, 1.807) is 6.07 Å². The van der Waals surface area contributed by atoms with E-state index in [0.29, 0.717) is 6.54 Å². The van der Waals surface area contributed by atoms with Gasteiger partial charge >= 0.3 is 0 Å². The van der Waals surface area contributed by atoms with Gasteiger partial charge in [0.1, 0.15) is 5.82 Å². The lowest BCUT2D eigenvalue weighted by Crippen LogP contribution is -2.46. The van der Waals surface area contributed by atoms with E-state index in [2.05, 4.69) is 19.7 Å². The maximum absolute atomic E-state index is 13.4. The minimum absolute atomic E-state index is 0.625. The molecule has 0 atom stereocenters. The topological polar surface area (TPSA) is 35.5 Å². The number of anilines is 2. The van der Waals surface area contributed by atoms with Crippen LogP contribution in [0.15, 0.2) is 30.5 Å². The average Bonchev–Trinajstić information content (AvgIpc) is 3.20. The van der Waals surface area contributed by atoms with Crippen LogP contribution in [0.2, 0.25) is 0 Å². The average molecular weight is 359 g/mol. The highest BCUT2D eigenvalue weighted by atomic mass is 19.2. The lowest BCUT2D eigenvalue weighted by Gasteiger charge is -2.35. The van der Waals surface area contributed by atoms with Gasteiger partial charge in [-0.2, -0.15) is 4.98 Å². The Morgan fingerprint density at radius 2 is 1.62 bits per heavy atom. The van der Waals surface area contributed by atoms with Gasteiger partial charge in [0.05, 0.1) is 0 Å². The van der Waals surface area contributed by atoms with Crippen molar-refractivity contribution in [2.75, 3.05) is 49.1 Å². The third kappa shape index (κ3) is 3.77. The molecule has 2 aromatic rings. The SMILES string of the molecule is Fc1ccc(CN2CCN(c3nccc(N4CCCC4)n3)CC2)cc1F. The molecule has 3 heterocycles. The molecule has 0 bridgehead atoms. The predicted molar refractivity (Wildman–Crippen MR) is 97.3 cm³/mol. The minimum atomic E-state index is -0.798. The fourth-order valence-electron chi connectivity index (χ4n) is 3.62. The monoisotopic (exact) mass is 359 g/mol. The molecular weight excluding hydrogens is 336 g/mol. The van der Waals surface area contributed by atoms with Crippen LogP contribution < -0.4 is 9.80 Å². The summed E-state index contributed by atoms with van der Waals surface area (Å²) in [5, 5.41) is 0. The van der Waals surface area contributed by atoms with Crippen molar-refractivity contribution in [3.63, 3.8) is 0 Å². The van der Waals surface area contributed by atoms with Gasteiger partial charge in [-0.05, 0) is 36.6 Å². The van der Waals surface area contributed by atoms with Gasteiger partial charge in [0, 0.05) is 52.0 Å². The summed E-state index contributed by atoms with van der Waals surface area (Å²) in [6.07, 6.45) is 4.29. The standard InChI is InChI=1S/C19H23F2N5/c20-16-4-3-15(13-17(16)21)14-24-9-11-26(12-10-24)19-22-6-5-18(23-19)25-7-1-2-8-25/h3-6,13H,1-2,7-12,14H2. The lowest BCUT2D eigenvalue weighted by molar-refractivity contribution is 0.248. The van der Waals surface area contributed by atoms with Gasteiger partial charge in [-0.15, -0.1) is 0 Å². The van der Waals surface area contributed by atoms with E-state index < -0.39 is 11.6 Å². The molecular formula is C19H23F2N5. The summed E-state index contributed by atoms with van der Waals surface area (Å²) in [7, 11) is 0. The molecule has 26 heavy (non-hydrogen) atoms. The van der Waals surface area contributed by atoms with Crippen LogP contribution in [0.3, 0.4) is 0 Å². The molecule has 2 aliphatic heterocycles. The molecule has 2 fully saturated rings. The van der Waals surface area contributed by atoms with E-state index in [9.17, 15) is 8.78 Å². The highest BCUT2D eigenvalue weighted by Crippen LogP contribution is 2.21. The molecule has 7 heteroatoms. The first-order chi connectivity index (χ1) is 12.7. The largest absolute Gasteiger partial charge is 0.356 e. The maximum atomic E-state index is 13.4. The first kappa shape index (κ1) is 17.1. The van der Waals surface area contributed by atoms with E-state index in [-0.39, 0.29) is 0 Å². The Bertz CT molecular complexity index is 755. The molecule has 138 valence electrons. The smallest absolute Gasteiger partial charge is 0.227 e. The van der Waals surface area contributed by atoms with Gasteiger partial charge in [0.25, 0.3) is 0 Å². The first-order valence-electron chi connectivity index (χ1n) is 9.18. The van der Waals surface area contributed by atoms with Crippen LogP contribution in [0.1, 0.15) is 18.4 Å². The van der Waals surface area contributed by atoms with E-state index in [0.717, 1.165) is 56.6 Å². The number of hydrogen-bond donors (Lipinski definition) is 0. The van der Waals surface area contributed by atoms with Crippen LogP contribution in [0.4, 0.5) is 20.5 Å². The Hall–Kier alpha value is -2.28. The summed E-state index contributed by atoms with van der Waals surface area (Å²) in [4.78, 5) is 15.9. The summed E-state index contributed by atoms with van der Waals surface area (Å²) >= 11 is 0. The Kier molecular flexibility index (Phi) is 4.97.